The molecule has 2 rings (SSSR count). The smallest absolute Gasteiger partial charge is 0.119 e. The number of rotatable bonds is 6. The van der Waals surface area contributed by atoms with Crippen molar-refractivity contribution in [2.24, 2.45) is 0 Å². The van der Waals surface area contributed by atoms with Crippen LogP contribution in [0.3, 0.4) is 0 Å². The minimum atomic E-state index is 0.563. The maximum Gasteiger partial charge on any atom is 0.119 e. The summed E-state index contributed by atoms with van der Waals surface area (Å²) in [5.41, 5.74) is 1.39. The lowest BCUT2D eigenvalue weighted by Crippen LogP contribution is -1.93. The molecule has 0 spiro atoms. The molecule has 0 aliphatic carbocycles. The summed E-state index contributed by atoms with van der Waals surface area (Å²) in [5.74, 6) is 0.965. The third kappa shape index (κ3) is 3.56. The average Bonchev–Trinajstić information content (AvgIpc) is 3.05. The molecule has 1 atom stereocenters. The van der Waals surface area contributed by atoms with Crippen LogP contribution in [0.2, 0.25) is 0 Å². The van der Waals surface area contributed by atoms with Crippen LogP contribution in [0.5, 0.6) is 5.75 Å². The maximum atomic E-state index is 5.39. The van der Waals surface area contributed by atoms with Crippen LogP contribution in [0.1, 0.15) is 25.3 Å². The van der Waals surface area contributed by atoms with Gasteiger partial charge in [-0.1, -0.05) is 12.1 Å². The van der Waals surface area contributed by atoms with Gasteiger partial charge in [0.2, 0.25) is 0 Å². The van der Waals surface area contributed by atoms with Crippen molar-refractivity contribution in [1.29, 1.82) is 0 Å². The van der Waals surface area contributed by atoms with Gasteiger partial charge in [0.1, 0.15) is 5.75 Å². The first-order chi connectivity index (χ1) is 7.38. The minimum Gasteiger partial charge on any atom is -0.494 e. The van der Waals surface area contributed by atoms with Crippen molar-refractivity contribution in [3.63, 3.8) is 0 Å². The Kier molecular flexibility index (Phi) is 3.62. The third-order valence-electron chi connectivity index (χ3n) is 2.63. The fraction of sp³-hybridized carbons (Fsp3) is 0.538. The molecule has 0 bridgehead atoms. The fourth-order valence-electron chi connectivity index (χ4n) is 1.69. The van der Waals surface area contributed by atoms with Crippen LogP contribution in [-0.2, 0) is 11.2 Å². The van der Waals surface area contributed by atoms with Gasteiger partial charge in [-0.15, -0.1) is 0 Å². The van der Waals surface area contributed by atoms with Gasteiger partial charge in [0.15, 0.2) is 0 Å². The van der Waals surface area contributed by atoms with Gasteiger partial charge in [-0.25, -0.2) is 0 Å². The van der Waals surface area contributed by atoms with Gasteiger partial charge in [-0.05, 0) is 43.9 Å². The molecule has 2 nitrogen and oxygen atoms in total. The average molecular weight is 206 g/mol. The molecule has 1 aromatic rings. The predicted octanol–water partition coefficient (Wildman–Crippen LogP) is 2.81. The van der Waals surface area contributed by atoms with Crippen molar-refractivity contribution in [3.05, 3.63) is 29.8 Å². The maximum absolute atomic E-state index is 5.39. The van der Waals surface area contributed by atoms with Crippen molar-refractivity contribution in [3.8, 4) is 5.75 Å². The van der Waals surface area contributed by atoms with Crippen molar-refractivity contribution in [2.75, 3.05) is 13.2 Å². The van der Waals surface area contributed by atoms with Gasteiger partial charge in [-0.3, -0.25) is 0 Å². The molecule has 0 N–H and O–H groups in total. The molecular weight excluding hydrogens is 188 g/mol. The third-order valence-corrected chi connectivity index (χ3v) is 2.63. The van der Waals surface area contributed by atoms with E-state index in [0.717, 1.165) is 25.4 Å². The van der Waals surface area contributed by atoms with E-state index in [0.29, 0.717) is 6.10 Å². The van der Waals surface area contributed by atoms with Gasteiger partial charge >= 0.3 is 0 Å². The first-order valence-corrected chi connectivity index (χ1v) is 5.72. The van der Waals surface area contributed by atoms with Crippen LogP contribution in [0.4, 0.5) is 0 Å². The van der Waals surface area contributed by atoms with E-state index in [1.54, 1.807) is 0 Å². The van der Waals surface area contributed by atoms with Crippen molar-refractivity contribution in [1.82, 2.24) is 0 Å². The van der Waals surface area contributed by atoms with Gasteiger partial charge in [0.25, 0.3) is 0 Å². The predicted molar refractivity (Wildman–Crippen MR) is 60.3 cm³/mol. The Bertz CT molecular complexity index is 288. The standard InChI is InChI=1S/C13H18O2/c1-2-14-12-8-6-11(7-9-12)4-3-5-13-10-15-13/h6-9,13H,2-5,10H2,1H3. The molecule has 1 aliphatic heterocycles. The zero-order valence-electron chi connectivity index (χ0n) is 9.24. The van der Waals surface area contributed by atoms with E-state index in [1.807, 2.05) is 19.1 Å². The molecule has 0 aromatic heterocycles. The highest BCUT2D eigenvalue weighted by atomic mass is 16.6. The van der Waals surface area contributed by atoms with Crippen LogP contribution in [0, 0.1) is 0 Å². The lowest BCUT2D eigenvalue weighted by Gasteiger charge is -2.04. The summed E-state index contributed by atoms with van der Waals surface area (Å²) in [7, 11) is 0. The Labute approximate surface area is 91.2 Å². The van der Waals surface area contributed by atoms with Gasteiger partial charge in [0, 0.05) is 0 Å². The Morgan fingerprint density at radius 1 is 1.33 bits per heavy atom. The Morgan fingerprint density at radius 2 is 2.07 bits per heavy atom. The normalized spacial score (nSPS) is 18.9. The number of hydrogen-bond acceptors (Lipinski definition) is 2. The van der Waals surface area contributed by atoms with Crippen molar-refractivity contribution < 1.29 is 9.47 Å². The van der Waals surface area contributed by atoms with E-state index in [4.69, 9.17) is 9.47 Å². The summed E-state index contributed by atoms with van der Waals surface area (Å²) < 4.78 is 10.6. The first kappa shape index (κ1) is 10.5. The fourth-order valence-corrected chi connectivity index (χ4v) is 1.69. The molecule has 15 heavy (non-hydrogen) atoms. The second-order valence-corrected chi connectivity index (χ2v) is 3.92. The van der Waals surface area contributed by atoms with Crippen molar-refractivity contribution >= 4 is 0 Å². The highest BCUT2D eigenvalue weighted by Crippen LogP contribution is 2.18. The number of ether oxygens (including phenoxy) is 2. The zero-order valence-corrected chi connectivity index (χ0v) is 9.24. The molecule has 1 saturated heterocycles. The summed E-state index contributed by atoms with van der Waals surface area (Å²) in [6, 6.07) is 8.40. The lowest BCUT2D eigenvalue weighted by atomic mass is 10.1. The van der Waals surface area contributed by atoms with E-state index in [-0.39, 0.29) is 0 Å². The molecule has 0 radical (unpaired) electrons. The number of hydrogen-bond donors (Lipinski definition) is 0. The molecule has 1 unspecified atom stereocenters. The molecule has 0 amide bonds. The molecule has 1 aliphatic rings. The van der Waals surface area contributed by atoms with E-state index in [2.05, 4.69) is 12.1 Å². The molecule has 0 saturated carbocycles. The quantitative estimate of drug-likeness (QED) is 0.667. The number of aryl methyl sites for hydroxylation is 1. The van der Waals surface area contributed by atoms with Gasteiger partial charge < -0.3 is 9.47 Å². The molecule has 2 heteroatoms. The molecule has 1 heterocycles. The summed E-state index contributed by atoms with van der Waals surface area (Å²) in [6.07, 6.45) is 4.13. The van der Waals surface area contributed by atoms with Gasteiger partial charge in [-0.2, -0.15) is 0 Å². The molecular formula is C13H18O2. The van der Waals surface area contributed by atoms with E-state index < -0.39 is 0 Å². The van der Waals surface area contributed by atoms with E-state index in [1.165, 1.54) is 18.4 Å². The summed E-state index contributed by atoms with van der Waals surface area (Å²) in [5, 5.41) is 0. The van der Waals surface area contributed by atoms with Gasteiger partial charge in [0.05, 0.1) is 19.3 Å². The van der Waals surface area contributed by atoms with Crippen molar-refractivity contribution in [2.45, 2.75) is 32.3 Å². The zero-order chi connectivity index (χ0) is 10.5. The first-order valence-electron chi connectivity index (χ1n) is 5.72. The summed E-state index contributed by atoms with van der Waals surface area (Å²) >= 11 is 0. The monoisotopic (exact) mass is 206 g/mol. The van der Waals surface area contributed by atoms with E-state index in [9.17, 15) is 0 Å². The van der Waals surface area contributed by atoms with Crippen LogP contribution in [0.15, 0.2) is 24.3 Å². The summed E-state index contributed by atoms with van der Waals surface area (Å²) in [6.45, 7) is 3.71. The largest absolute Gasteiger partial charge is 0.494 e. The highest BCUT2D eigenvalue weighted by Gasteiger charge is 2.20. The lowest BCUT2D eigenvalue weighted by molar-refractivity contribution is 0.340. The van der Waals surface area contributed by atoms with Crippen LogP contribution < -0.4 is 4.74 Å². The summed E-state index contributed by atoms with van der Waals surface area (Å²) in [4.78, 5) is 0. The highest BCUT2D eigenvalue weighted by molar-refractivity contribution is 5.27. The Hall–Kier alpha value is -1.02. The second kappa shape index (κ2) is 5.17. The van der Waals surface area contributed by atoms with E-state index >= 15 is 0 Å². The molecule has 1 aromatic carbocycles. The topological polar surface area (TPSA) is 21.8 Å². The Morgan fingerprint density at radius 3 is 2.67 bits per heavy atom. The molecule has 1 fully saturated rings. The SMILES string of the molecule is CCOc1ccc(CCCC2CO2)cc1. The molecule has 82 valence electrons. The number of benzene rings is 1. The number of epoxide rings is 1. The minimum absolute atomic E-state index is 0.563. The second-order valence-electron chi connectivity index (χ2n) is 3.92. The van der Waals surface area contributed by atoms with Crippen LogP contribution >= 0.6 is 0 Å². The Balaban J connectivity index is 1.75. The van der Waals surface area contributed by atoms with Crippen LogP contribution in [-0.4, -0.2) is 19.3 Å². The van der Waals surface area contributed by atoms with Crippen LogP contribution in [0.25, 0.3) is 0 Å².